The topological polar surface area (TPSA) is 153 Å². The molecular weight excluding hydrogens is 508 g/mol. The van der Waals surface area contributed by atoms with Crippen molar-refractivity contribution < 1.29 is 20.1 Å². The number of para-hydroxylation sites is 1. The molecule has 202 valence electrons. The Labute approximate surface area is 229 Å². The van der Waals surface area contributed by atoms with Crippen molar-refractivity contribution in [3.05, 3.63) is 89.7 Å². The lowest BCUT2D eigenvalue weighted by molar-refractivity contribution is 0.0783. The maximum Gasteiger partial charge on any atom is 0.250 e. The highest BCUT2D eigenvalue weighted by atomic mass is 16.3. The van der Waals surface area contributed by atoms with E-state index in [2.05, 4.69) is 15.1 Å². The Hall–Kier alpha value is -4.77. The van der Waals surface area contributed by atoms with Crippen molar-refractivity contribution in [2.45, 2.75) is 25.8 Å². The maximum absolute atomic E-state index is 12.3. The lowest BCUT2D eigenvalue weighted by atomic mass is 9.94. The molecule has 3 heterocycles. The van der Waals surface area contributed by atoms with E-state index < -0.39 is 18.2 Å². The Balaban J connectivity index is 1.45. The normalized spacial score (nSPS) is 15.4. The molecular formula is C30H28N6O4. The zero-order valence-corrected chi connectivity index (χ0v) is 21.7. The molecule has 0 saturated heterocycles. The van der Waals surface area contributed by atoms with Crippen LogP contribution in [0.3, 0.4) is 0 Å². The molecule has 10 nitrogen and oxygen atoms in total. The molecule has 1 amide bonds. The van der Waals surface area contributed by atoms with E-state index in [-0.39, 0.29) is 13.2 Å². The number of anilines is 1. The van der Waals surface area contributed by atoms with Gasteiger partial charge in [0.2, 0.25) is 0 Å². The summed E-state index contributed by atoms with van der Waals surface area (Å²) >= 11 is 0. The van der Waals surface area contributed by atoms with Crippen molar-refractivity contribution in [3.8, 4) is 22.4 Å². The highest BCUT2D eigenvalue weighted by Crippen LogP contribution is 2.41. The summed E-state index contributed by atoms with van der Waals surface area (Å²) in [5, 5.41) is 35.2. The number of aromatic nitrogens is 3. The highest BCUT2D eigenvalue weighted by molar-refractivity contribution is 6.11. The first kappa shape index (κ1) is 25.5. The molecule has 0 spiro atoms. The van der Waals surface area contributed by atoms with Crippen LogP contribution in [0.1, 0.15) is 27.7 Å². The fourth-order valence-corrected chi connectivity index (χ4v) is 5.24. The summed E-state index contributed by atoms with van der Waals surface area (Å²) in [6.45, 7) is 1.78. The molecule has 10 heteroatoms. The number of nitrogens with two attached hydrogens (primary N) is 1. The average molecular weight is 537 g/mol. The average Bonchev–Trinajstić information content (AvgIpc) is 3.61. The lowest BCUT2D eigenvalue weighted by Crippen LogP contribution is -2.30. The van der Waals surface area contributed by atoms with E-state index in [9.17, 15) is 15.0 Å². The summed E-state index contributed by atoms with van der Waals surface area (Å²) in [5.74, 6) is -0.552. The van der Waals surface area contributed by atoms with E-state index in [0.717, 1.165) is 50.3 Å². The molecule has 0 aliphatic carbocycles. The van der Waals surface area contributed by atoms with Crippen molar-refractivity contribution in [1.82, 2.24) is 14.8 Å². The number of rotatable bonds is 7. The number of aliphatic hydroxyl groups is 3. The van der Waals surface area contributed by atoms with Crippen LogP contribution in [0.25, 0.3) is 33.3 Å². The second kappa shape index (κ2) is 10.1. The van der Waals surface area contributed by atoms with Crippen molar-refractivity contribution in [2.75, 3.05) is 11.5 Å². The Morgan fingerprint density at radius 1 is 1.12 bits per heavy atom. The Morgan fingerprint density at radius 3 is 2.75 bits per heavy atom. The largest absolute Gasteiger partial charge is 0.394 e. The van der Waals surface area contributed by atoms with E-state index in [1.807, 2.05) is 61.5 Å². The number of aliphatic hydroxyl groups excluding tert-OH is 3. The standard InChI is InChI=1S/C30H28N6O4/c1-17-20(6-4-8-27(17)36-16-32-25-7-3-2-5-22(25)30(36)40)21-9-10-23(29(31)39)28-24(21)11-26(34-28)18-12-33-35(13-18)14-19(38)15-37/h2-13,16,19,30,34,37-38,40H,14-15H2,1H3,(H2,31,39)/t19-,30?/m0/s1. The number of primary amides is 1. The van der Waals surface area contributed by atoms with Crippen LogP contribution in [0, 0.1) is 6.92 Å². The number of aliphatic imine (C=N–C) groups is 1. The van der Waals surface area contributed by atoms with Gasteiger partial charge in [-0.05, 0) is 47.9 Å². The number of carbonyl (C=O) groups is 1. The van der Waals surface area contributed by atoms with Gasteiger partial charge in [-0.2, -0.15) is 5.10 Å². The van der Waals surface area contributed by atoms with Crippen LogP contribution in [0.5, 0.6) is 0 Å². The lowest BCUT2D eigenvalue weighted by Gasteiger charge is -2.31. The van der Waals surface area contributed by atoms with E-state index in [1.54, 1.807) is 34.4 Å². The Bertz CT molecular complexity index is 1770. The van der Waals surface area contributed by atoms with Crippen LogP contribution in [-0.4, -0.2) is 55.0 Å². The molecule has 1 aliphatic rings. The van der Waals surface area contributed by atoms with Crippen molar-refractivity contribution in [2.24, 2.45) is 10.7 Å². The molecule has 1 aliphatic heterocycles. The van der Waals surface area contributed by atoms with E-state index in [0.29, 0.717) is 11.1 Å². The predicted octanol–water partition coefficient (Wildman–Crippen LogP) is 3.63. The number of nitrogens with zero attached hydrogens (tertiary/aromatic N) is 4. The van der Waals surface area contributed by atoms with Crippen LogP contribution in [0.15, 0.2) is 78.0 Å². The first-order valence-corrected chi connectivity index (χ1v) is 12.8. The molecule has 6 N–H and O–H groups in total. The summed E-state index contributed by atoms with van der Waals surface area (Å²) in [4.78, 5) is 21.9. The minimum atomic E-state index is -0.921. The third-order valence-corrected chi connectivity index (χ3v) is 7.29. The summed E-state index contributed by atoms with van der Waals surface area (Å²) < 4.78 is 1.55. The quantitative estimate of drug-likeness (QED) is 0.214. The van der Waals surface area contributed by atoms with Gasteiger partial charge >= 0.3 is 0 Å². The molecule has 6 rings (SSSR count). The van der Waals surface area contributed by atoms with Crippen LogP contribution >= 0.6 is 0 Å². The number of hydrogen-bond donors (Lipinski definition) is 5. The van der Waals surface area contributed by atoms with Gasteiger partial charge in [-0.25, -0.2) is 4.99 Å². The predicted molar refractivity (Wildman–Crippen MR) is 153 cm³/mol. The minimum absolute atomic E-state index is 0.149. The van der Waals surface area contributed by atoms with Gasteiger partial charge in [0.15, 0.2) is 6.23 Å². The molecule has 2 aromatic heterocycles. The van der Waals surface area contributed by atoms with E-state index in [1.165, 1.54) is 0 Å². The third kappa shape index (κ3) is 4.34. The first-order valence-electron chi connectivity index (χ1n) is 12.8. The Kier molecular flexibility index (Phi) is 6.43. The van der Waals surface area contributed by atoms with Gasteiger partial charge in [0, 0.05) is 34.1 Å². The molecule has 1 unspecified atom stereocenters. The minimum Gasteiger partial charge on any atom is -0.394 e. The fraction of sp³-hybridized carbons (Fsp3) is 0.167. The summed E-state index contributed by atoms with van der Waals surface area (Å²) in [6.07, 6.45) is 3.24. The van der Waals surface area contributed by atoms with Crippen LogP contribution in [0.2, 0.25) is 0 Å². The van der Waals surface area contributed by atoms with Gasteiger partial charge in [0.25, 0.3) is 5.91 Å². The molecule has 0 saturated carbocycles. The van der Waals surface area contributed by atoms with Crippen LogP contribution in [0.4, 0.5) is 11.4 Å². The van der Waals surface area contributed by atoms with Crippen molar-refractivity contribution in [1.29, 1.82) is 0 Å². The van der Waals surface area contributed by atoms with Gasteiger partial charge in [-0.15, -0.1) is 0 Å². The number of carbonyl (C=O) groups excluding carboxylic acids is 1. The van der Waals surface area contributed by atoms with Gasteiger partial charge in [-0.1, -0.05) is 36.4 Å². The van der Waals surface area contributed by atoms with Gasteiger partial charge in [-0.3, -0.25) is 9.48 Å². The third-order valence-electron chi connectivity index (χ3n) is 7.29. The molecule has 0 radical (unpaired) electrons. The molecule has 0 fully saturated rings. The Morgan fingerprint density at radius 2 is 1.95 bits per heavy atom. The summed E-state index contributed by atoms with van der Waals surface area (Å²) in [6, 6.07) is 18.9. The second-order valence-electron chi connectivity index (χ2n) is 9.82. The monoisotopic (exact) mass is 536 g/mol. The van der Waals surface area contributed by atoms with Crippen molar-refractivity contribution in [3.63, 3.8) is 0 Å². The summed E-state index contributed by atoms with van der Waals surface area (Å²) in [7, 11) is 0. The SMILES string of the molecule is Cc1c(-c2ccc(C(N)=O)c3[nH]c(-c4cnn(C[C@H](O)CO)c4)cc23)cccc1N1C=Nc2ccccc2C1O. The number of fused-ring (bicyclic) bond motifs is 2. The van der Waals surface area contributed by atoms with Crippen molar-refractivity contribution >= 4 is 34.5 Å². The van der Waals surface area contributed by atoms with Gasteiger partial charge in [0.1, 0.15) is 0 Å². The number of amides is 1. The number of aromatic amines is 1. The van der Waals surface area contributed by atoms with Crippen LogP contribution < -0.4 is 10.6 Å². The van der Waals surface area contributed by atoms with Gasteiger partial charge < -0.3 is 30.9 Å². The number of hydrogen-bond acceptors (Lipinski definition) is 7. The molecule has 0 bridgehead atoms. The van der Waals surface area contributed by atoms with E-state index >= 15 is 0 Å². The summed E-state index contributed by atoms with van der Waals surface area (Å²) in [5.41, 5.74) is 13.1. The molecule has 2 atom stereocenters. The first-order chi connectivity index (χ1) is 19.4. The number of H-pyrrole nitrogens is 1. The van der Waals surface area contributed by atoms with Gasteiger partial charge in [0.05, 0.1) is 48.6 Å². The van der Waals surface area contributed by atoms with Crippen LogP contribution in [-0.2, 0) is 6.54 Å². The maximum atomic E-state index is 12.3. The fourth-order valence-electron chi connectivity index (χ4n) is 5.24. The smallest absolute Gasteiger partial charge is 0.250 e. The number of benzene rings is 3. The second-order valence-corrected chi connectivity index (χ2v) is 9.82. The molecule has 5 aromatic rings. The highest BCUT2D eigenvalue weighted by Gasteiger charge is 2.25. The molecule has 3 aromatic carbocycles. The molecule has 40 heavy (non-hydrogen) atoms. The van der Waals surface area contributed by atoms with E-state index in [4.69, 9.17) is 10.8 Å². The number of nitrogens with one attached hydrogen (secondary N) is 1. The zero-order valence-electron chi connectivity index (χ0n) is 21.7. The zero-order chi connectivity index (χ0) is 28.0.